The Balaban J connectivity index is 1.56. The van der Waals surface area contributed by atoms with E-state index in [4.69, 9.17) is 19.6 Å². The van der Waals surface area contributed by atoms with Gasteiger partial charge >= 0.3 is 0 Å². The molecule has 5 heteroatoms. The molecule has 0 bridgehead atoms. The molecule has 1 aliphatic heterocycles. The second kappa shape index (κ2) is 5.59. The molecule has 0 radical (unpaired) electrons. The summed E-state index contributed by atoms with van der Waals surface area (Å²) in [5, 5.41) is 0. The predicted octanol–water partition coefficient (Wildman–Crippen LogP) is 2.50. The van der Waals surface area contributed by atoms with Gasteiger partial charge in [-0.3, -0.25) is 0 Å². The summed E-state index contributed by atoms with van der Waals surface area (Å²) >= 11 is 0. The van der Waals surface area contributed by atoms with Crippen molar-refractivity contribution in [1.82, 2.24) is 4.98 Å². The lowest BCUT2D eigenvalue weighted by molar-refractivity contribution is -0.0477. The van der Waals surface area contributed by atoms with E-state index in [1.807, 2.05) is 6.07 Å². The minimum atomic E-state index is 0.216. The molecule has 1 aromatic heterocycles. The van der Waals surface area contributed by atoms with E-state index in [0.717, 1.165) is 30.5 Å². The van der Waals surface area contributed by atoms with E-state index in [-0.39, 0.29) is 6.10 Å². The molecule has 0 amide bonds. The van der Waals surface area contributed by atoms with E-state index >= 15 is 0 Å². The van der Waals surface area contributed by atoms with Crippen LogP contribution in [0, 0.1) is 0 Å². The quantitative estimate of drug-likeness (QED) is 0.857. The zero-order valence-electron chi connectivity index (χ0n) is 10.8. The van der Waals surface area contributed by atoms with Gasteiger partial charge in [0.15, 0.2) is 5.58 Å². The first-order valence-electron chi connectivity index (χ1n) is 6.65. The Morgan fingerprint density at radius 1 is 1.37 bits per heavy atom. The highest BCUT2D eigenvalue weighted by atomic mass is 16.5. The molecule has 1 atom stereocenters. The summed E-state index contributed by atoms with van der Waals surface area (Å²) in [4.78, 5) is 4.34. The maximum atomic E-state index is 5.70. The van der Waals surface area contributed by atoms with Crippen molar-refractivity contribution in [2.24, 2.45) is 0 Å². The normalized spacial score (nSPS) is 19.9. The lowest BCUT2D eigenvalue weighted by Gasteiger charge is -2.21. The van der Waals surface area contributed by atoms with Crippen LogP contribution in [0.4, 0.5) is 5.69 Å². The molecule has 5 nitrogen and oxygen atoms in total. The van der Waals surface area contributed by atoms with Crippen molar-refractivity contribution in [1.29, 1.82) is 0 Å². The SMILES string of the molecule is Nc1ccc2oc(COCC3CCCCO3)nc2c1. The number of rotatable bonds is 4. The van der Waals surface area contributed by atoms with Gasteiger partial charge in [0.05, 0.1) is 12.7 Å². The van der Waals surface area contributed by atoms with Gasteiger partial charge in [-0.25, -0.2) is 4.98 Å². The molecule has 2 aromatic rings. The Morgan fingerprint density at radius 2 is 2.32 bits per heavy atom. The van der Waals surface area contributed by atoms with E-state index in [1.165, 1.54) is 6.42 Å². The first-order valence-corrected chi connectivity index (χ1v) is 6.65. The number of fused-ring (bicyclic) bond motifs is 1. The third-order valence-electron chi connectivity index (χ3n) is 3.26. The summed E-state index contributed by atoms with van der Waals surface area (Å²) < 4.78 is 16.8. The summed E-state index contributed by atoms with van der Waals surface area (Å²) in [5.74, 6) is 0.580. The van der Waals surface area contributed by atoms with E-state index in [0.29, 0.717) is 24.8 Å². The van der Waals surface area contributed by atoms with E-state index in [9.17, 15) is 0 Å². The first kappa shape index (κ1) is 12.4. The van der Waals surface area contributed by atoms with Crippen molar-refractivity contribution in [3.05, 3.63) is 24.1 Å². The second-order valence-corrected chi connectivity index (χ2v) is 4.84. The topological polar surface area (TPSA) is 70.5 Å². The highest BCUT2D eigenvalue weighted by Gasteiger charge is 2.14. The number of hydrogen-bond acceptors (Lipinski definition) is 5. The molecule has 2 N–H and O–H groups in total. The zero-order valence-corrected chi connectivity index (χ0v) is 10.8. The Morgan fingerprint density at radius 3 is 3.16 bits per heavy atom. The minimum Gasteiger partial charge on any atom is -0.438 e. The van der Waals surface area contributed by atoms with Crippen LogP contribution < -0.4 is 5.73 Å². The second-order valence-electron chi connectivity index (χ2n) is 4.84. The van der Waals surface area contributed by atoms with Crippen molar-refractivity contribution < 1.29 is 13.9 Å². The average Bonchev–Trinajstić information content (AvgIpc) is 2.82. The summed E-state index contributed by atoms with van der Waals surface area (Å²) in [7, 11) is 0. The third kappa shape index (κ3) is 3.05. The molecule has 1 aromatic carbocycles. The van der Waals surface area contributed by atoms with Gasteiger partial charge in [0.25, 0.3) is 0 Å². The molecule has 3 rings (SSSR count). The number of benzene rings is 1. The molecule has 1 aliphatic rings. The number of ether oxygens (including phenoxy) is 2. The van der Waals surface area contributed by atoms with Crippen molar-refractivity contribution in [3.8, 4) is 0 Å². The van der Waals surface area contributed by atoms with Crippen LogP contribution in [0.15, 0.2) is 22.6 Å². The maximum absolute atomic E-state index is 5.70. The van der Waals surface area contributed by atoms with Crippen LogP contribution in [0.25, 0.3) is 11.1 Å². The molecule has 1 saturated heterocycles. The van der Waals surface area contributed by atoms with Gasteiger partial charge in [-0.05, 0) is 37.5 Å². The number of nitrogens with two attached hydrogens (primary N) is 1. The molecule has 1 fully saturated rings. The highest BCUT2D eigenvalue weighted by molar-refractivity contribution is 5.76. The summed E-state index contributed by atoms with van der Waals surface area (Å²) in [6, 6.07) is 5.42. The number of nitrogen functional groups attached to an aromatic ring is 1. The number of hydrogen-bond donors (Lipinski definition) is 1. The van der Waals surface area contributed by atoms with E-state index < -0.39 is 0 Å². The number of aromatic nitrogens is 1. The third-order valence-corrected chi connectivity index (χ3v) is 3.26. The molecule has 19 heavy (non-hydrogen) atoms. The molecular weight excluding hydrogens is 244 g/mol. The lowest BCUT2D eigenvalue weighted by atomic mass is 10.1. The summed E-state index contributed by atoms with van der Waals surface area (Å²) in [6.07, 6.45) is 3.66. The Hall–Kier alpha value is -1.59. The fourth-order valence-electron chi connectivity index (χ4n) is 2.27. The van der Waals surface area contributed by atoms with Crippen molar-refractivity contribution in [2.45, 2.75) is 32.0 Å². The van der Waals surface area contributed by atoms with Crippen LogP contribution in [-0.4, -0.2) is 24.3 Å². The lowest BCUT2D eigenvalue weighted by Crippen LogP contribution is -2.24. The molecule has 0 spiro atoms. The molecule has 0 aliphatic carbocycles. The van der Waals surface area contributed by atoms with Crippen LogP contribution in [0.3, 0.4) is 0 Å². The average molecular weight is 262 g/mol. The Labute approximate surface area is 111 Å². The standard InChI is InChI=1S/C14H18N2O3/c15-10-4-5-13-12(7-10)16-14(19-13)9-17-8-11-3-1-2-6-18-11/h4-5,7,11H,1-3,6,8-9,15H2. The molecular formula is C14H18N2O3. The summed E-state index contributed by atoms with van der Waals surface area (Å²) in [5.41, 5.74) is 7.89. The van der Waals surface area contributed by atoms with E-state index in [1.54, 1.807) is 12.1 Å². The molecule has 2 heterocycles. The zero-order chi connectivity index (χ0) is 13.1. The van der Waals surface area contributed by atoms with Crippen LogP contribution in [-0.2, 0) is 16.1 Å². The van der Waals surface area contributed by atoms with Gasteiger partial charge in [-0.15, -0.1) is 0 Å². The predicted molar refractivity (Wildman–Crippen MR) is 71.7 cm³/mol. The van der Waals surface area contributed by atoms with Crippen molar-refractivity contribution in [2.75, 3.05) is 18.9 Å². The van der Waals surface area contributed by atoms with Gasteiger partial charge in [0, 0.05) is 12.3 Å². The number of oxazole rings is 1. The fraction of sp³-hybridized carbons (Fsp3) is 0.500. The number of nitrogens with zero attached hydrogens (tertiary/aromatic N) is 1. The van der Waals surface area contributed by atoms with Crippen LogP contribution in [0.5, 0.6) is 0 Å². The number of anilines is 1. The summed E-state index contributed by atoms with van der Waals surface area (Å²) in [6.45, 7) is 1.81. The van der Waals surface area contributed by atoms with Crippen LogP contribution in [0.2, 0.25) is 0 Å². The first-order chi connectivity index (χ1) is 9.31. The monoisotopic (exact) mass is 262 g/mol. The van der Waals surface area contributed by atoms with Gasteiger partial charge in [0.2, 0.25) is 5.89 Å². The van der Waals surface area contributed by atoms with Gasteiger partial charge in [-0.2, -0.15) is 0 Å². The molecule has 0 saturated carbocycles. The largest absolute Gasteiger partial charge is 0.438 e. The van der Waals surface area contributed by atoms with Crippen LogP contribution in [0.1, 0.15) is 25.2 Å². The van der Waals surface area contributed by atoms with Crippen molar-refractivity contribution >= 4 is 16.8 Å². The van der Waals surface area contributed by atoms with Gasteiger partial charge in [-0.1, -0.05) is 0 Å². The molecule has 102 valence electrons. The Kier molecular flexibility index (Phi) is 3.66. The van der Waals surface area contributed by atoms with E-state index in [2.05, 4.69) is 4.98 Å². The molecule has 1 unspecified atom stereocenters. The maximum Gasteiger partial charge on any atom is 0.221 e. The van der Waals surface area contributed by atoms with Gasteiger partial charge in [0.1, 0.15) is 12.1 Å². The van der Waals surface area contributed by atoms with Crippen molar-refractivity contribution in [3.63, 3.8) is 0 Å². The Bertz CT molecular complexity index is 547. The minimum absolute atomic E-state index is 0.216. The van der Waals surface area contributed by atoms with Crippen LogP contribution >= 0.6 is 0 Å². The highest BCUT2D eigenvalue weighted by Crippen LogP contribution is 2.19. The van der Waals surface area contributed by atoms with Gasteiger partial charge < -0.3 is 19.6 Å². The smallest absolute Gasteiger partial charge is 0.221 e. The fourth-order valence-corrected chi connectivity index (χ4v) is 2.27.